The van der Waals surface area contributed by atoms with Crippen molar-refractivity contribution in [3.63, 3.8) is 0 Å². The van der Waals surface area contributed by atoms with Crippen LogP contribution < -0.4 is 19.7 Å². The molecule has 0 bridgehead atoms. The summed E-state index contributed by atoms with van der Waals surface area (Å²) in [6, 6.07) is 15.6. The van der Waals surface area contributed by atoms with Crippen molar-refractivity contribution in [3.05, 3.63) is 72.6 Å². The topological polar surface area (TPSA) is 172 Å². The number of carbonyl (C=O) groups is 2. The number of amides is 2. The molecule has 0 unspecified atom stereocenters. The first-order valence-electron chi connectivity index (χ1n) is 14.2. The van der Waals surface area contributed by atoms with E-state index in [0.29, 0.717) is 40.3 Å². The normalized spacial score (nSPS) is 15.1. The van der Waals surface area contributed by atoms with Crippen molar-refractivity contribution in [1.82, 2.24) is 40.5 Å². The Bertz CT molecular complexity index is 1800. The number of hydrogen-bond donors (Lipinski definition) is 2. The van der Waals surface area contributed by atoms with Crippen molar-refractivity contribution in [2.45, 2.75) is 31.5 Å². The third-order valence-corrected chi connectivity index (χ3v) is 7.57. The Balaban J connectivity index is 1.46. The molecule has 6 rings (SSSR count). The van der Waals surface area contributed by atoms with E-state index in [1.165, 1.54) is 46.9 Å². The van der Waals surface area contributed by atoms with E-state index >= 15 is 0 Å². The smallest absolute Gasteiger partial charge is 0.249 e. The lowest BCUT2D eigenvalue weighted by molar-refractivity contribution is -0.127. The minimum Gasteiger partial charge on any atom is -0.504 e. The third-order valence-electron chi connectivity index (χ3n) is 7.57. The number of anilines is 1. The summed E-state index contributed by atoms with van der Waals surface area (Å²) in [4.78, 5) is 30.0. The number of ether oxygens (including phenoxy) is 3. The fourth-order valence-electron chi connectivity index (χ4n) is 5.35. The second-order valence-electron chi connectivity index (χ2n) is 10.3. The van der Waals surface area contributed by atoms with Crippen LogP contribution in [0.25, 0.3) is 16.7 Å². The summed E-state index contributed by atoms with van der Waals surface area (Å²) in [7, 11) is 2.89. The third kappa shape index (κ3) is 6.10. The summed E-state index contributed by atoms with van der Waals surface area (Å²) in [6.07, 6.45) is 3.00. The molecule has 1 fully saturated rings. The second-order valence-corrected chi connectivity index (χ2v) is 10.3. The fraction of sp³-hybridized carbons (Fsp3) is 0.300. The number of rotatable bonds is 11. The molecule has 15 heteroatoms. The summed E-state index contributed by atoms with van der Waals surface area (Å²) in [6.45, 7) is 0.660. The van der Waals surface area contributed by atoms with E-state index in [1.807, 2.05) is 18.2 Å². The Kier molecular flexibility index (Phi) is 8.50. The number of carbonyl (C=O) groups excluding carboxylic acids is 2. The van der Waals surface area contributed by atoms with Crippen molar-refractivity contribution < 1.29 is 28.9 Å². The molecule has 3 heterocycles. The minimum absolute atomic E-state index is 0.112. The number of nitrogens with zero attached hydrogens (tertiary/aromatic N) is 8. The van der Waals surface area contributed by atoms with E-state index in [2.05, 4.69) is 31.2 Å². The van der Waals surface area contributed by atoms with E-state index in [4.69, 9.17) is 14.2 Å². The van der Waals surface area contributed by atoms with Gasteiger partial charge in [-0.3, -0.25) is 14.5 Å². The Labute approximate surface area is 257 Å². The van der Waals surface area contributed by atoms with Crippen LogP contribution in [0.1, 0.15) is 24.4 Å². The van der Waals surface area contributed by atoms with Gasteiger partial charge in [-0.1, -0.05) is 23.4 Å². The molecular formula is C30H31N9O6. The quantitative estimate of drug-likeness (QED) is 0.224. The summed E-state index contributed by atoms with van der Waals surface area (Å²) in [5, 5.41) is 33.0. The summed E-state index contributed by atoms with van der Waals surface area (Å²) < 4.78 is 19.7. The van der Waals surface area contributed by atoms with E-state index in [-0.39, 0.29) is 30.7 Å². The lowest BCUT2D eigenvalue weighted by Crippen LogP contribution is -2.46. The molecule has 2 N–H and O–H groups in total. The van der Waals surface area contributed by atoms with Gasteiger partial charge in [0.2, 0.25) is 11.8 Å². The lowest BCUT2D eigenvalue weighted by atomic mass is 10.0. The van der Waals surface area contributed by atoms with Crippen molar-refractivity contribution in [2.75, 3.05) is 32.3 Å². The Hall–Kier alpha value is -5.57. The van der Waals surface area contributed by atoms with E-state index in [9.17, 15) is 14.7 Å². The number of aromatic hydroxyl groups is 1. The highest BCUT2D eigenvalue weighted by molar-refractivity contribution is 6.02. The summed E-state index contributed by atoms with van der Waals surface area (Å²) >= 11 is 0. The number of hydrogen-bond acceptors (Lipinski definition) is 11. The van der Waals surface area contributed by atoms with Crippen molar-refractivity contribution in [2.24, 2.45) is 0 Å². The highest BCUT2D eigenvalue weighted by Gasteiger charge is 2.35. The summed E-state index contributed by atoms with van der Waals surface area (Å²) in [5.74, 6) is -0.541. The fourth-order valence-corrected chi connectivity index (χ4v) is 5.35. The van der Waals surface area contributed by atoms with Crippen LogP contribution in [0.2, 0.25) is 0 Å². The number of para-hydroxylation sites is 1. The molecule has 2 atom stereocenters. The van der Waals surface area contributed by atoms with Gasteiger partial charge in [0.1, 0.15) is 35.9 Å². The highest BCUT2D eigenvalue weighted by Crippen LogP contribution is 2.36. The highest BCUT2D eigenvalue weighted by atomic mass is 16.5. The number of nitrogens with one attached hydrogen (secondary N) is 1. The zero-order valence-electron chi connectivity index (χ0n) is 24.6. The maximum atomic E-state index is 14.4. The molecule has 1 aliphatic rings. The van der Waals surface area contributed by atoms with Crippen LogP contribution in [0.5, 0.6) is 17.2 Å². The lowest BCUT2D eigenvalue weighted by Gasteiger charge is -2.32. The van der Waals surface area contributed by atoms with Crippen LogP contribution >= 0.6 is 0 Å². The number of methoxy groups -OCH3 is 2. The zero-order valence-corrected chi connectivity index (χ0v) is 24.6. The molecule has 232 valence electrons. The predicted molar refractivity (Wildman–Crippen MR) is 160 cm³/mol. The van der Waals surface area contributed by atoms with Crippen LogP contribution in [-0.2, 0) is 20.9 Å². The van der Waals surface area contributed by atoms with Crippen LogP contribution in [0.4, 0.5) is 5.69 Å². The van der Waals surface area contributed by atoms with Crippen LogP contribution in [-0.4, -0.2) is 85.6 Å². The van der Waals surface area contributed by atoms with Gasteiger partial charge in [0, 0.05) is 24.9 Å². The van der Waals surface area contributed by atoms with Crippen LogP contribution in [0, 0.1) is 0 Å². The van der Waals surface area contributed by atoms with Gasteiger partial charge in [-0.15, -0.1) is 10.2 Å². The predicted octanol–water partition coefficient (Wildman–Crippen LogP) is 2.20. The van der Waals surface area contributed by atoms with Crippen molar-refractivity contribution >= 4 is 28.5 Å². The monoisotopic (exact) mass is 613 g/mol. The largest absolute Gasteiger partial charge is 0.504 e. The Morgan fingerprint density at radius 2 is 1.93 bits per heavy atom. The molecule has 1 aliphatic heterocycles. The SMILES string of the molecule is COc1cc([C@@H](C(=O)NC[C@@H]2CCCO2)N(C(=O)Cn2nnc3ccccc32)c2ccc(-n3cnnn3)c(OC)c2)ccc1O. The van der Waals surface area contributed by atoms with Crippen molar-refractivity contribution in [3.8, 4) is 22.9 Å². The summed E-state index contributed by atoms with van der Waals surface area (Å²) in [5.41, 5.74) is 2.55. The molecule has 15 nitrogen and oxygen atoms in total. The van der Waals surface area contributed by atoms with Gasteiger partial charge in [0.05, 0.1) is 25.8 Å². The first-order chi connectivity index (χ1) is 22.0. The number of benzene rings is 3. The number of fused-ring (bicyclic) bond motifs is 1. The van der Waals surface area contributed by atoms with Crippen LogP contribution in [0.15, 0.2) is 67.0 Å². The molecule has 0 saturated carbocycles. The number of phenolic OH excluding ortho intramolecular Hbond substituents is 1. The number of tetrazole rings is 1. The minimum atomic E-state index is -1.20. The molecule has 0 radical (unpaired) electrons. The van der Waals surface area contributed by atoms with Gasteiger partial charge in [-0.05, 0) is 65.2 Å². The van der Waals surface area contributed by atoms with Gasteiger partial charge >= 0.3 is 0 Å². The van der Waals surface area contributed by atoms with E-state index in [1.54, 1.807) is 30.3 Å². The molecule has 0 spiro atoms. The molecule has 45 heavy (non-hydrogen) atoms. The molecule has 2 aromatic heterocycles. The Morgan fingerprint density at radius 1 is 1.09 bits per heavy atom. The first kappa shape index (κ1) is 29.5. The molecule has 5 aromatic rings. The molecular weight excluding hydrogens is 582 g/mol. The van der Waals surface area contributed by atoms with Gasteiger partial charge in [0.15, 0.2) is 11.5 Å². The second kappa shape index (κ2) is 13.0. The number of aromatic nitrogens is 7. The average molecular weight is 614 g/mol. The van der Waals surface area contributed by atoms with Gasteiger partial charge in [-0.25, -0.2) is 4.68 Å². The van der Waals surface area contributed by atoms with Gasteiger partial charge in [-0.2, -0.15) is 4.68 Å². The molecule has 0 aliphatic carbocycles. The van der Waals surface area contributed by atoms with E-state index < -0.39 is 17.9 Å². The molecule has 1 saturated heterocycles. The maximum absolute atomic E-state index is 14.4. The van der Waals surface area contributed by atoms with Crippen molar-refractivity contribution in [1.29, 1.82) is 0 Å². The molecule has 3 aromatic carbocycles. The average Bonchev–Trinajstić information content (AvgIpc) is 3.86. The standard InChI is InChI=1S/C30H31N9O6/c1-43-26-15-20(10-11-24(26)38-18-32-34-36-38)39(28(41)17-37-23-8-4-3-7-22(23)33-35-37)29(19-9-12-25(40)27(14-19)44-2)30(42)31-16-21-6-5-13-45-21/h3-4,7-12,14-15,18,21,29,40H,5-6,13,16-17H2,1-2H3,(H,31,42)/t21-,29-/m0/s1. The zero-order chi connectivity index (χ0) is 31.3. The molecule has 2 amide bonds. The maximum Gasteiger partial charge on any atom is 0.249 e. The van der Waals surface area contributed by atoms with Gasteiger partial charge in [0.25, 0.3) is 0 Å². The van der Waals surface area contributed by atoms with E-state index in [0.717, 1.165) is 12.8 Å². The first-order valence-corrected chi connectivity index (χ1v) is 14.2. The Morgan fingerprint density at radius 3 is 2.69 bits per heavy atom. The van der Waals surface area contributed by atoms with Gasteiger partial charge < -0.3 is 24.6 Å². The number of phenols is 1. The van der Waals surface area contributed by atoms with Crippen LogP contribution in [0.3, 0.4) is 0 Å².